The third-order valence-corrected chi connectivity index (χ3v) is 6.28. The SMILES string of the molecule is NCCc1ccc(S(=O)(=O)NCC2CCCCS2)cc1. The Hall–Kier alpha value is -0.560. The summed E-state index contributed by atoms with van der Waals surface area (Å²) in [5.41, 5.74) is 6.55. The Bertz CT molecular complexity index is 508. The van der Waals surface area contributed by atoms with Crippen LogP contribution in [0.5, 0.6) is 0 Å². The Kier molecular flexibility index (Phi) is 5.89. The second-order valence-electron chi connectivity index (χ2n) is 5.02. The zero-order valence-electron chi connectivity index (χ0n) is 11.5. The molecule has 3 N–H and O–H groups in total. The van der Waals surface area contributed by atoms with Crippen molar-refractivity contribution in [2.24, 2.45) is 5.73 Å². The minimum atomic E-state index is -3.39. The van der Waals surface area contributed by atoms with Crippen molar-refractivity contribution in [2.45, 2.75) is 35.8 Å². The zero-order valence-corrected chi connectivity index (χ0v) is 13.2. The summed E-state index contributed by atoms with van der Waals surface area (Å²) in [5.74, 6) is 1.14. The van der Waals surface area contributed by atoms with Crippen LogP contribution in [0.15, 0.2) is 29.2 Å². The lowest BCUT2D eigenvalue weighted by atomic mass is 10.2. The average Bonchev–Trinajstić information content (AvgIpc) is 2.47. The van der Waals surface area contributed by atoms with Gasteiger partial charge in [0.25, 0.3) is 0 Å². The summed E-state index contributed by atoms with van der Waals surface area (Å²) in [5, 5.41) is 0.412. The highest BCUT2D eigenvalue weighted by Gasteiger charge is 2.19. The van der Waals surface area contributed by atoms with Gasteiger partial charge in [0.15, 0.2) is 0 Å². The quantitative estimate of drug-likeness (QED) is 0.839. The Morgan fingerprint density at radius 3 is 2.60 bits per heavy atom. The highest BCUT2D eigenvalue weighted by atomic mass is 32.2. The molecule has 1 heterocycles. The molecule has 1 aromatic rings. The first kappa shape index (κ1) is 15.8. The number of hydrogen-bond donors (Lipinski definition) is 2. The van der Waals surface area contributed by atoms with E-state index in [2.05, 4.69) is 4.72 Å². The van der Waals surface area contributed by atoms with Crippen molar-refractivity contribution in [3.8, 4) is 0 Å². The van der Waals surface area contributed by atoms with Crippen molar-refractivity contribution in [3.05, 3.63) is 29.8 Å². The molecule has 0 saturated carbocycles. The third kappa shape index (κ3) is 4.48. The van der Waals surface area contributed by atoms with Crippen LogP contribution >= 0.6 is 11.8 Å². The van der Waals surface area contributed by atoms with Crippen LogP contribution in [0.2, 0.25) is 0 Å². The van der Waals surface area contributed by atoms with Crippen molar-refractivity contribution >= 4 is 21.8 Å². The van der Waals surface area contributed by atoms with Crippen LogP contribution in [0.3, 0.4) is 0 Å². The summed E-state index contributed by atoms with van der Waals surface area (Å²) in [4.78, 5) is 0.332. The Balaban J connectivity index is 1.94. The van der Waals surface area contributed by atoms with Crippen LogP contribution in [0.1, 0.15) is 24.8 Å². The molecule has 0 radical (unpaired) electrons. The lowest BCUT2D eigenvalue weighted by Gasteiger charge is -2.21. The zero-order chi connectivity index (χ0) is 14.4. The molecule has 4 nitrogen and oxygen atoms in total. The first-order valence-electron chi connectivity index (χ1n) is 7.02. The van der Waals surface area contributed by atoms with Crippen molar-refractivity contribution in [1.82, 2.24) is 4.72 Å². The molecular formula is C14H22N2O2S2. The second kappa shape index (κ2) is 7.45. The van der Waals surface area contributed by atoms with Crippen molar-refractivity contribution in [1.29, 1.82) is 0 Å². The molecule has 0 aromatic heterocycles. The number of thioether (sulfide) groups is 1. The maximum atomic E-state index is 12.2. The van der Waals surface area contributed by atoms with Crippen LogP contribution in [0, 0.1) is 0 Å². The molecule has 1 atom stereocenters. The van der Waals surface area contributed by atoms with E-state index in [9.17, 15) is 8.42 Å². The molecule has 1 fully saturated rings. The van der Waals surface area contributed by atoms with E-state index in [1.165, 1.54) is 12.8 Å². The van der Waals surface area contributed by atoms with Gasteiger partial charge in [0.05, 0.1) is 4.90 Å². The fraction of sp³-hybridized carbons (Fsp3) is 0.571. The second-order valence-corrected chi connectivity index (χ2v) is 8.20. The normalized spacial score (nSPS) is 19.9. The van der Waals surface area contributed by atoms with Gasteiger partial charge in [-0.15, -0.1) is 0 Å². The Labute approximate surface area is 125 Å². The number of rotatable bonds is 6. The van der Waals surface area contributed by atoms with E-state index in [4.69, 9.17) is 5.73 Å². The van der Waals surface area contributed by atoms with Crippen LogP contribution in [0.25, 0.3) is 0 Å². The van der Waals surface area contributed by atoms with Crippen LogP contribution < -0.4 is 10.5 Å². The first-order valence-corrected chi connectivity index (χ1v) is 9.55. The molecule has 1 unspecified atom stereocenters. The van der Waals surface area contributed by atoms with E-state index >= 15 is 0 Å². The van der Waals surface area contributed by atoms with E-state index in [1.807, 2.05) is 23.9 Å². The van der Waals surface area contributed by atoms with Crippen molar-refractivity contribution < 1.29 is 8.42 Å². The molecule has 1 aliphatic heterocycles. The van der Waals surface area contributed by atoms with E-state index in [0.29, 0.717) is 23.2 Å². The first-order chi connectivity index (χ1) is 9.62. The summed E-state index contributed by atoms with van der Waals surface area (Å²) >= 11 is 1.87. The number of hydrogen-bond acceptors (Lipinski definition) is 4. The van der Waals surface area contributed by atoms with Gasteiger partial charge >= 0.3 is 0 Å². The minimum Gasteiger partial charge on any atom is -0.330 e. The Morgan fingerprint density at radius 2 is 2.00 bits per heavy atom. The van der Waals surface area contributed by atoms with Gasteiger partial charge < -0.3 is 5.73 Å². The van der Waals surface area contributed by atoms with Crippen molar-refractivity contribution in [3.63, 3.8) is 0 Å². The lowest BCUT2D eigenvalue weighted by molar-refractivity contribution is 0.574. The predicted octanol–water partition coefficient (Wildman–Crippen LogP) is 1.75. The van der Waals surface area contributed by atoms with Gasteiger partial charge in [-0.25, -0.2) is 13.1 Å². The Morgan fingerprint density at radius 1 is 1.25 bits per heavy atom. The number of nitrogens with one attached hydrogen (secondary N) is 1. The molecule has 6 heteroatoms. The largest absolute Gasteiger partial charge is 0.330 e. The number of benzene rings is 1. The number of sulfonamides is 1. The maximum Gasteiger partial charge on any atom is 0.240 e. The van der Waals surface area contributed by atoms with Gasteiger partial charge in [-0.2, -0.15) is 11.8 Å². The van der Waals surface area contributed by atoms with Crippen molar-refractivity contribution in [2.75, 3.05) is 18.8 Å². The van der Waals surface area contributed by atoms with E-state index in [1.54, 1.807) is 12.1 Å². The molecule has 20 heavy (non-hydrogen) atoms. The summed E-state index contributed by atoms with van der Waals surface area (Å²) in [6.07, 6.45) is 4.32. The molecule has 0 amide bonds. The monoisotopic (exact) mass is 314 g/mol. The summed E-state index contributed by atoms with van der Waals surface area (Å²) in [6.45, 7) is 1.10. The summed E-state index contributed by atoms with van der Waals surface area (Å²) in [7, 11) is -3.39. The fourth-order valence-electron chi connectivity index (χ4n) is 2.26. The van der Waals surface area contributed by atoms with Gasteiger partial charge in [-0.05, 0) is 49.3 Å². The molecule has 0 aliphatic carbocycles. The van der Waals surface area contributed by atoms with E-state index in [-0.39, 0.29) is 0 Å². The maximum absolute atomic E-state index is 12.2. The minimum absolute atomic E-state index is 0.332. The van der Waals surface area contributed by atoms with E-state index in [0.717, 1.165) is 24.2 Å². The van der Waals surface area contributed by atoms with E-state index < -0.39 is 10.0 Å². The molecule has 1 saturated heterocycles. The standard InChI is InChI=1S/C14H22N2O2S2/c15-9-8-12-4-6-14(7-5-12)20(17,18)16-11-13-3-1-2-10-19-13/h4-7,13,16H,1-3,8-11,15H2. The fourth-order valence-corrected chi connectivity index (χ4v) is 4.68. The molecule has 0 spiro atoms. The summed E-state index contributed by atoms with van der Waals surface area (Å²) in [6, 6.07) is 6.97. The third-order valence-electron chi connectivity index (χ3n) is 3.44. The molecule has 0 bridgehead atoms. The molecule has 2 rings (SSSR count). The highest BCUT2D eigenvalue weighted by Crippen LogP contribution is 2.24. The summed E-state index contributed by atoms with van der Waals surface area (Å²) < 4.78 is 27.1. The van der Waals surface area contributed by atoms with Gasteiger partial charge in [0, 0.05) is 11.8 Å². The molecule has 1 aromatic carbocycles. The van der Waals surface area contributed by atoms with Crippen LogP contribution in [0.4, 0.5) is 0 Å². The number of nitrogens with two attached hydrogens (primary N) is 1. The molecule has 112 valence electrons. The smallest absolute Gasteiger partial charge is 0.240 e. The van der Waals surface area contributed by atoms with Gasteiger partial charge in [-0.3, -0.25) is 0 Å². The van der Waals surface area contributed by atoms with Crippen LogP contribution in [-0.2, 0) is 16.4 Å². The predicted molar refractivity (Wildman–Crippen MR) is 84.5 cm³/mol. The molecular weight excluding hydrogens is 292 g/mol. The highest BCUT2D eigenvalue weighted by molar-refractivity contribution is 8.00. The van der Waals surface area contributed by atoms with Gasteiger partial charge in [0.2, 0.25) is 10.0 Å². The lowest BCUT2D eigenvalue weighted by Crippen LogP contribution is -2.32. The van der Waals surface area contributed by atoms with Gasteiger partial charge in [0.1, 0.15) is 0 Å². The van der Waals surface area contributed by atoms with Crippen LogP contribution in [-0.4, -0.2) is 32.5 Å². The topological polar surface area (TPSA) is 72.2 Å². The average molecular weight is 314 g/mol. The van der Waals surface area contributed by atoms with Gasteiger partial charge in [-0.1, -0.05) is 18.6 Å². The molecule has 1 aliphatic rings.